The summed E-state index contributed by atoms with van der Waals surface area (Å²) in [7, 11) is 0. The van der Waals surface area contributed by atoms with Gasteiger partial charge in [-0.05, 0) is 56.5 Å². The van der Waals surface area contributed by atoms with Crippen molar-refractivity contribution in [1.82, 2.24) is 9.97 Å². The highest BCUT2D eigenvalue weighted by molar-refractivity contribution is 6.31. The number of anilines is 1. The van der Waals surface area contributed by atoms with Crippen molar-refractivity contribution in [1.29, 1.82) is 0 Å². The summed E-state index contributed by atoms with van der Waals surface area (Å²) in [5.74, 6) is 0.856. The molecule has 0 aliphatic heterocycles. The number of benzene rings is 1. The van der Waals surface area contributed by atoms with Crippen molar-refractivity contribution in [2.45, 2.75) is 32.7 Å². The first kappa shape index (κ1) is 14.9. The number of nitrogens with zero attached hydrogens (tertiary/aromatic N) is 2. The summed E-state index contributed by atoms with van der Waals surface area (Å²) in [6, 6.07) is 6.01. The quantitative estimate of drug-likeness (QED) is 0.897. The van der Waals surface area contributed by atoms with Crippen molar-refractivity contribution >= 4 is 28.3 Å². The van der Waals surface area contributed by atoms with Crippen LogP contribution in [0.25, 0.3) is 10.9 Å². The molecule has 1 aromatic heterocycles. The molecule has 114 valence electrons. The minimum atomic E-state index is 0.333. The Bertz CT molecular complexity index is 775. The van der Waals surface area contributed by atoms with Gasteiger partial charge in [-0.15, -0.1) is 0 Å². The van der Waals surface area contributed by atoms with E-state index in [0.29, 0.717) is 11.1 Å². The molecule has 0 amide bonds. The fraction of sp³-hybridized carbons (Fsp3) is 0.294. The van der Waals surface area contributed by atoms with Gasteiger partial charge in [-0.25, -0.2) is 9.97 Å². The van der Waals surface area contributed by atoms with Crippen LogP contribution in [0, 0.1) is 0 Å². The van der Waals surface area contributed by atoms with Gasteiger partial charge >= 0.3 is 0 Å². The van der Waals surface area contributed by atoms with Crippen molar-refractivity contribution in [3.8, 4) is 0 Å². The summed E-state index contributed by atoms with van der Waals surface area (Å²) in [4.78, 5) is 8.66. The smallest absolute Gasteiger partial charge is 0.137 e. The van der Waals surface area contributed by atoms with Crippen molar-refractivity contribution in [3.63, 3.8) is 0 Å². The van der Waals surface area contributed by atoms with E-state index in [4.69, 9.17) is 17.3 Å². The van der Waals surface area contributed by atoms with Gasteiger partial charge in [-0.2, -0.15) is 0 Å². The Labute approximate surface area is 135 Å². The zero-order chi connectivity index (χ0) is 15.7. The van der Waals surface area contributed by atoms with Gasteiger partial charge < -0.3 is 11.1 Å². The Balaban J connectivity index is 1.82. The first-order valence-corrected chi connectivity index (χ1v) is 7.70. The molecule has 0 saturated carbocycles. The summed E-state index contributed by atoms with van der Waals surface area (Å²) in [5, 5.41) is 5.20. The number of hydrogen-bond donors (Lipinski definition) is 2. The van der Waals surface area contributed by atoms with E-state index in [0.717, 1.165) is 35.3 Å². The molecule has 3 N–H and O–H groups in total. The molecule has 1 aliphatic carbocycles. The van der Waals surface area contributed by atoms with Crippen molar-refractivity contribution in [3.05, 3.63) is 52.5 Å². The maximum absolute atomic E-state index is 6.02. The molecule has 0 radical (unpaired) electrons. The average molecular weight is 315 g/mol. The monoisotopic (exact) mass is 314 g/mol. The second-order valence-electron chi connectivity index (χ2n) is 5.83. The summed E-state index contributed by atoms with van der Waals surface area (Å²) in [6.45, 7) is 4.08. The predicted octanol–water partition coefficient (Wildman–Crippen LogP) is 4.04. The molecule has 2 aromatic rings. The molecule has 0 fully saturated rings. The fourth-order valence-corrected chi connectivity index (χ4v) is 3.08. The summed E-state index contributed by atoms with van der Waals surface area (Å²) >= 11 is 6.02. The standard InChI is InChI=1S/C17H19ClN4/c1-10-5-14(7-12(10)6-11(2)19)22-17-15-4-3-13(18)8-16(15)20-9-21-17/h3-4,6,8-9,14H,5,7,19H2,1-2H3,(H,20,21,22)/b11-6+. The van der Waals surface area contributed by atoms with Gasteiger partial charge in [0, 0.05) is 22.1 Å². The Morgan fingerprint density at radius 3 is 2.95 bits per heavy atom. The van der Waals surface area contributed by atoms with Crippen LogP contribution in [0.3, 0.4) is 0 Å². The Kier molecular flexibility index (Phi) is 4.03. The van der Waals surface area contributed by atoms with Crippen LogP contribution in [0.4, 0.5) is 5.82 Å². The van der Waals surface area contributed by atoms with Crippen molar-refractivity contribution < 1.29 is 0 Å². The number of rotatable bonds is 3. The number of nitrogens with two attached hydrogens (primary N) is 1. The number of hydrogen-bond acceptors (Lipinski definition) is 4. The van der Waals surface area contributed by atoms with Gasteiger partial charge in [-0.1, -0.05) is 17.2 Å². The van der Waals surface area contributed by atoms with Crippen LogP contribution in [0.5, 0.6) is 0 Å². The molecule has 22 heavy (non-hydrogen) atoms. The maximum atomic E-state index is 6.02. The first-order chi connectivity index (χ1) is 10.5. The lowest BCUT2D eigenvalue weighted by Crippen LogP contribution is -2.17. The summed E-state index contributed by atoms with van der Waals surface area (Å²) in [5.41, 5.74) is 10.2. The zero-order valence-corrected chi connectivity index (χ0v) is 13.5. The molecule has 4 nitrogen and oxygen atoms in total. The van der Waals surface area contributed by atoms with Crippen LogP contribution in [-0.2, 0) is 0 Å². The highest BCUT2D eigenvalue weighted by Crippen LogP contribution is 2.31. The second-order valence-corrected chi connectivity index (χ2v) is 6.26. The van der Waals surface area contributed by atoms with Crippen molar-refractivity contribution in [2.75, 3.05) is 5.32 Å². The lowest BCUT2D eigenvalue weighted by Gasteiger charge is -2.15. The Hall–Kier alpha value is -2.07. The third-order valence-electron chi connectivity index (χ3n) is 3.91. The lowest BCUT2D eigenvalue weighted by atomic mass is 10.1. The third-order valence-corrected chi connectivity index (χ3v) is 4.14. The molecule has 1 aromatic carbocycles. The summed E-state index contributed by atoms with van der Waals surface area (Å²) < 4.78 is 0. The van der Waals surface area contributed by atoms with E-state index in [1.54, 1.807) is 6.33 Å². The van der Waals surface area contributed by atoms with Crippen LogP contribution < -0.4 is 11.1 Å². The normalized spacial score (nSPS) is 19.0. The van der Waals surface area contributed by atoms with Crippen LogP contribution in [-0.4, -0.2) is 16.0 Å². The second kappa shape index (κ2) is 5.97. The topological polar surface area (TPSA) is 63.8 Å². The maximum Gasteiger partial charge on any atom is 0.137 e. The molecular formula is C17H19ClN4. The molecular weight excluding hydrogens is 296 g/mol. The zero-order valence-electron chi connectivity index (χ0n) is 12.7. The van der Waals surface area contributed by atoms with E-state index in [1.807, 2.05) is 25.1 Å². The molecule has 5 heteroatoms. The number of halogens is 1. The SMILES string of the molecule is CC1=C(/C=C(\C)N)CC(Nc2ncnc3cc(Cl)ccc23)C1. The van der Waals surface area contributed by atoms with Crippen molar-refractivity contribution in [2.24, 2.45) is 5.73 Å². The largest absolute Gasteiger partial charge is 0.402 e. The number of fused-ring (bicyclic) bond motifs is 1. The minimum absolute atomic E-state index is 0.333. The summed E-state index contributed by atoms with van der Waals surface area (Å²) in [6.07, 6.45) is 5.59. The van der Waals surface area contributed by atoms with Gasteiger partial charge in [0.25, 0.3) is 0 Å². The predicted molar refractivity (Wildman–Crippen MR) is 91.8 cm³/mol. The van der Waals surface area contributed by atoms with Gasteiger partial charge in [0.2, 0.25) is 0 Å². The molecule has 1 heterocycles. The molecule has 1 unspecified atom stereocenters. The van der Waals surface area contributed by atoms with Crippen LogP contribution in [0.2, 0.25) is 5.02 Å². The van der Waals surface area contributed by atoms with Gasteiger partial charge in [-0.3, -0.25) is 0 Å². The van der Waals surface area contributed by atoms with E-state index >= 15 is 0 Å². The molecule has 1 atom stereocenters. The number of nitrogens with one attached hydrogen (secondary N) is 1. The molecule has 0 spiro atoms. The highest BCUT2D eigenvalue weighted by Gasteiger charge is 2.21. The Morgan fingerprint density at radius 2 is 2.18 bits per heavy atom. The van der Waals surface area contributed by atoms with Gasteiger partial charge in [0.05, 0.1) is 5.52 Å². The van der Waals surface area contributed by atoms with Crippen LogP contribution >= 0.6 is 11.6 Å². The third kappa shape index (κ3) is 3.07. The first-order valence-electron chi connectivity index (χ1n) is 7.32. The van der Waals surface area contributed by atoms with Crippen LogP contribution in [0.1, 0.15) is 26.7 Å². The molecule has 3 rings (SSSR count). The molecule has 0 saturated heterocycles. The molecule has 1 aliphatic rings. The minimum Gasteiger partial charge on any atom is -0.402 e. The van der Waals surface area contributed by atoms with Gasteiger partial charge in [0.15, 0.2) is 0 Å². The average Bonchev–Trinajstić information content (AvgIpc) is 2.78. The fourth-order valence-electron chi connectivity index (χ4n) is 2.91. The van der Waals surface area contributed by atoms with E-state index in [2.05, 4.69) is 28.3 Å². The Morgan fingerprint density at radius 1 is 1.36 bits per heavy atom. The van der Waals surface area contributed by atoms with E-state index in [-0.39, 0.29) is 0 Å². The van der Waals surface area contributed by atoms with E-state index in [1.165, 1.54) is 11.1 Å². The highest BCUT2D eigenvalue weighted by atomic mass is 35.5. The molecule has 0 bridgehead atoms. The number of allylic oxidation sites excluding steroid dienone is 2. The van der Waals surface area contributed by atoms with Gasteiger partial charge in [0.1, 0.15) is 12.1 Å². The lowest BCUT2D eigenvalue weighted by molar-refractivity contribution is 0.762. The number of aromatic nitrogens is 2. The van der Waals surface area contributed by atoms with E-state index in [9.17, 15) is 0 Å². The van der Waals surface area contributed by atoms with Crippen LogP contribution in [0.15, 0.2) is 47.4 Å². The van der Waals surface area contributed by atoms with E-state index < -0.39 is 0 Å².